The van der Waals surface area contributed by atoms with Gasteiger partial charge >= 0.3 is 0 Å². The minimum Gasteiger partial charge on any atom is -0.396 e. The van der Waals surface area contributed by atoms with Gasteiger partial charge < -0.3 is 16.2 Å². The summed E-state index contributed by atoms with van der Waals surface area (Å²) in [5.74, 6) is 1.56. The maximum absolute atomic E-state index is 8.82. The van der Waals surface area contributed by atoms with Crippen LogP contribution in [0.5, 0.6) is 0 Å². The number of hydrogen-bond acceptors (Lipinski definition) is 3. The van der Waals surface area contributed by atoms with Crippen LogP contribution < -0.4 is 11.1 Å². The molecule has 2 unspecified atom stereocenters. The number of rotatable bonds is 6. The molecule has 0 radical (unpaired) electrons. The lowest BCUT2D eigenvalue weighted by Gasteiger charge is -2.42. The van der Waals surface area contributed by atoms with Gasteiger partial charge in [0.25, 0.3) is 0 Å². The van der Waals surface area contributed by atoms with Crippen LogP contribution in [0, 0.1) is 11.8 Å². The molecule has 2 atom stereocenters. The van der Waals surface area contributed by atoms with E-state index in [1.807, 2.05) is 0 Å². The molecular formula is C13H28N2O. The number of aliphatic hydroxyl groups is 1. The van der Waals surface area contributed by atoms with Gasteiger partial charge in [0.15, 0.2) is 0 Å². The molecule has 1 aliphatic carbocycles. The zero-order valence-electron chi connectivity index (χ0n) is 10.8. The van der Waals surface area contributed by atoms with Crippen LogP contribution in [0.1, 0.15) is 46.0 Å². The molecule has 1 aliphatic rings. The summed E-state index contributed by atoms with van der Waals surface area (Å²) < 4.78 is 0. The Morgan fingerprint density at radius 2 is 2.25 bits per heavy atom. The lowest BCUT2D eigenvalue weighted by Crippen LogP contribution is -2.54. The Hall–Kier alpha value is -0.120. The SMILES string of the molecule is CC(C)C1CCCC(CN)(NCCCO)C1. The summed E-state index contributed by atoms with van der Waals surface area (Å²) >= 11 is 0. The summed E-state index contributed by atoms with van der Waals surface area (Å²) in [5.41, 5.74) is 6.10. The van der Waals surface area contributed by atoms with Gasteiger partial charge in [0, 0.05) is 18.7 Å². The van der Waals surface area contributed by atoms with Gasteiger partial charge in [-0.3, -0.25) is 0 Å². The van der Waals surface area contributed by atoms with Crippen LogP contribution in [-0.2, 0) is 0 Å². The van der Waals surface area contributed by atoms with Crippen molar-refractivity contribution in [2.75, 3.05) is 19.7 Å². The molecule has 1 fully saturated rings. The topological polar surface area (TPSA) is 58.3 Å². The summed E-state index contributed by atoms with van der Waals surface area (Å²) in [6.07, 6.45) is 5.85. The molecule has 0 spiro atoms. The van der Waals surface area contributed by atoms with E-state index in [4.69, 9.17) is 10.8 Å². The molecule has 0 amide bonds. The lowest BCUT2D eigenvalue weighted by atomic mass is 9.71. The Bertz CT molecular complexity index is 196. The summed E-state index contributed by atoms with van der Waals surface area (Å²) in [6, 6.07) is 0. The summed E-state index contributed by atoms with van der Waals surface area (Å²) in [4.78, 5) is 0. The standard InChI is InChI=1S/C13H28N2O/c1-11(2)12-5-3-6-13(9-12,10-14)15-7-4-8-16/h11-12,15-16H,3-10,14H2,1-2H3. The first-order chi connectivity index (χ1) is 7.63. The Morgan fingerprint density at radius 3 is 2.81 bits per heavy atom. The van der Waals surface area contributed by atoms with E-state index in [1.165, 1.54) is 25.7 Å². The normalized spacial score (nSPS) is 30.9. The first kappa shape index (κ1) is 13.9. The van der Waals surface area contributed by atoms with Crippen molar-refractivity contribution in [3.63, 3.8) is 0 Å². The van der Waals surface area contributed by atoms with Gasteiger partial charge in [-0.25, -0.2) is 0 Å². The molecule has 0 saturated heterocycles. The number of nitrogens with two attached hydrogens (primary N) is 1. The Labute approximate surface area is 99.8 Å². The minimum atomic E-state index is 0.141. The first-order valence-corrected chi connectivity index (χ1v) is 6.69. The van der Waals surface area contributed by atoms with Crippen LogP contribution >= 0.6 is 0 Å². The molecule has 1 rings (SSSR count). The fourth-order valence-electron chi connectivity index (χ4n) is 2.83. The van der Waals surface area contributed by atoms with E-state index in [0.29, 0.717) is 0 Å². The van der Waals surface area contributed by atoms with Crippen LogP contribution in [0.25, 0.3) is 0 Å². The first-order valence-electron chi connectivity index (χ1n) is 6.69. The fraction of sp³-hybridized carbons (Fsp3) is 1.00. The zero-order chi connectivity index (χ0) is 12.0. The molecule has 3 heteroatoms. The second-order valence-electron chi connectivity index (χ2n) is 5.59. The molecule has 16 heavy (non-hydrogen) atoms. The smallest absolute Gasteiger partial charge is 0.0443 e. The average Bonchev–Trinajstić information content (AvgIpc) is 2.30. The second kappa shape index (κ2) is 6.58. The minimum absolute atomic E-state index is 0.141. The highest BCUT2D eigenvalue weighted by Crippen LogP contribution is 2.35. The average molecular weight is 228 g/mol. The van der Waals surface area contributed by atoms with Gasteiger partial charge in [-0.05, 0) is 37.6 Å². The van der Waals surface area contributed by atoms with E-state index < -0.39 is 0 Å². The summed E-state index contributed by atoms with van der Waals surface area (Å²) in [6.45, 7) is 6.50. The molecule has 1 saturated carbocycles. The third kappa shape index (κ3) is 3.72. The molecule has 0 aromatic carbocycles. The van der Waals surface area contributed by atoms with E-state index in [9.17, 15) is 0 Å². The molecule has 96 valence electrons. The molecular weight excluding hydrogens is 200 g/mol. The van der Waals surface area contributed by atoms with Crippen LogP contribution in [-0.4, -0.2) is 30.3 Å². The lowest BCUT2D eigenvalue weighted by molar-refractivity contribution is 0.150. The monoisotopic (exact) mass is 228 g/mol. The van der Waals surface area contributed by atoms with Gasteiger partial charge in [-0.15, -0.1) is 0 Å². The van der Waals surface area contributed by atoms with Gasteiger partial charge in [0.1, 0.15) is 0 Å². The third-order valence-corrected chi connectivity index (χ3v) is 4.05. The predicted octanol–water partition coefficient (Wildman–Crippen LogP) is 1.50. The van der Waals surface area contributed by atoms with Crippen molar-refractivity contribution in [1.82, 2.24) is 5.32 Å². The fourth-order valence-corrected chi connectivity index (χ4v) is 2.83. The Balaban J connectivity index is 2.49. The molecule has 0 aromatic heterocycles. The van der Waals surface area contributed by atoms with Crippen LogP contribution in [0.3, 0.4) is 0 Å². The van der Waals surface area contributed by atoms with Crippen molar-refractivity contribution >= 4 is 0 Å². The van der Waals surface area contributed by atoms with E-state index in [0.717, 1.165) is 31.3 Å². The number of nitrogens with one attached hydrogen (secondary N) is 1. The molecule has 3 nitrogen and oxygen atoms in total. The van der Waals surface area contributed by atoms with Crippen molar-refractivity contribution in [2.24, 2.45) is 17.6 Å². The van der Waals surface area contributed by atoms with Crippen LogP contribution in [0.4, 0.5) is 0 Å². The van der Waals surface area contributed by atoms with Gasteiger partial charge in [0.2, 0.25) is 0 Å². The summed E-state index contributed by atoms with van der Waals surface area (Å²) in [5, 5.41) is 12.4. The van der Waals surface area contributed by atoms with Crippen molar-refractivity contribution < 1.29 is 5.11 Å². The maximum Gasteiger partial charge on any atom is 0.0443 e. The molecule has 0 aliphatic heterocycles. The molecule has 0 aromatic rings. The van der Waals surface area contributed by atoms with E-state index in [2.05, 4.69) is 19.2 Å². The third-order valence-electron chi connectivity index (χ3n) is 4.05. The summed E-state index contributed by atoms with van der Waals surface area (Å²) in [7, 11) is 0. The zero-order valence-corrected chi connectivity index (χ0v) is 10.8. The van der Waals surface area contributed by atoms with Crippen molar-refractivity contribution in [2.45, 2.75) is 51.5 Å². The van der Waals surface area contributed by atoms with Crippen LogP contribution in [0.15, 0.2) is 0 Å². The Kier molecular flexibility index (Phi) is 5.73. The van der Waals surface area contributed by atoms with Crippen molar-refractivity contribution in [3.8, 4) is 0 Å². The largest absolute Gasteiger partial charge is 0.396 e. The predicted molar refractivity (Wildman–Crippen MR) is 68.3 cm³/mol. The molecule has 4 N–H and O–H groups in total. The maximum atomic E-state index is 8.82. The Morgan fingerprint density at radius 1 is 1.50 bits per heavy atom. The molecule has 0 heterocycles. The second-order valence-corrected chi connectivity index (χ2v) is 5.59. The highest BCUT2D eigenvalue weighted by atomic mass is 16.3. The van der Waals surface area contributed by atoms with Gasteiger partial charge in [-0.1, -0.05) is 26.7 Å². The van der Waals surface area contributed by atoms with E-state index in [1.54, 1.807) is 0 Å². The van der Waals surface area contributed by atoms with E-state index in [-0.39, 0.29) is 12.1 Å². The van der Waals surface area contributed by atoms with Gasteiger partial charge in [0.05, 0.1) is 0 Å². The number of hydrogen-bond donors (Lipinski definition) is 3. The van der Waals surface area contributed by atoms with Crippen LogP contribution in [0.2, 0.25) is 0 Å². The van der Waals surface area contributed by atoms with Crippen molar-refractivity contribution in [1.29, 1.82) is 0 Å². The van der Waals surface area contributed by atoms with Crippen molar-refractivity contribution in [3.05, 3.63) is 0 Å². The quantitative estimate of drug-likeness (QED) is 0.604. The molecule has 0 bridgehead atoms. The van der Waals surface area contributed by atoms with Gasteiger partial charge in [-0.2, -0.15) is 0 Å². The highest BCUT2D eigenvalue weighted by molar-refractivity contribution is 4.95. The number of aliphatic hydroxyl groups excluding tert-OH is 1. The van der Waals surface area contributed by atoms with E-state index >= 15 is 0 Å². The highest BCUT2D eigenvalue weighted by Gasteiger charge is 2.35.